The molecule has 0 fully saturated rings. The van der Waals surface area contributed by atoms with Gasteiger partial charge in [-0.3, -0.25) is 14.4 Å². The molecule has 1 aromatic heterocycles. The number of rotatable bonds is 14. The predicted molar refractivity (Wildman–Crippen MR) is 235 cm³/mol. The molecule has 0 bridgehead atoms. The van der Waals surface area contributed by atoms with E-state index < -0.39 is 17.1 Å². The van der Waals surface area contributed by atoms with Crippen LogP contribution in [-0.2, 0) is 16.2 Å². The van der Waals surface area contributed by atoms with E-state index in [2.05, 4.69) is 20.9 Å². The van der Waals surface area contributed by atoms with Gasteiger partial charge in [0.2, 0.25) is 5.91 Å². The van der Waals surface area contributed by atoms with Crippen LogP contribution in [0.25, 0.3) is 17.3 Å². The lowest BCUT2D eigenvalue weighted by atomic mass is 10.1. The fourth-order valence-electron chi connectivity index (χ4n) is 5.69. The van der Waals surface area contributed by atoms with Gasteiger partial charge in [0.15, 0.2) is 5.13 Å². The van der Waals surface area contributed by atoms with Crippen molar-refractivity contribution in [3.05, 3.63) is 201 Å². The molecule has 0 radical (unpaired) electrons. The number of halogens is 2. The lowest BCUT2D eigenvalue weighted by Crippen LogP contribution is -2.30. The molecule has 288 valence electrons. The summed E-state index contributed by atoms with van der Waals surface area (Å²) in [5.74, 6) is -0.526. The monoisotopic (exact) mass is 840 g/mol. The van der Waals surface area contributed by atoms with Gasteiger partial charge in [0, 0.05) is 32.1 Å². The van der Waals surface area contributed by atoms with Crippen molar-refractivity contribution in [2.45, 2.75) is 16.8 Å². The average Bonchev–Trinajstić information content (AvgIpc) is 3.71. The Bertz CT molecular complexity index is 2540. The second-order valence-corrected chi connectivity index (χ2v) is 15.6. The van der Waals surface area contributed by atoms with Crippen LogP contribution in [0.4, 0.5) is 10.8 Å². The largest absolute Gasteiger partial charge is 0.489 e. The number of nitrogens with one attached hydrogen (secondary N) is 3. The lowest BCUT2D eigenvalue weighted by Gasteiger charge is -2.17. The van der Waals surface area contributed by atoms with Crippen LogP contribution in [0.15, 0.2) is 174 Å². The Labute approximate surface area is 353 Å². The fraction of sp³-hybridized carbons (Fsp3) is 0.0435. The summed E-state index contributed by atoms with van der Waals surface area (Å²) in [6.45, 7) is 0.420. The number of hydrogen-bond donors (Lipinski definition) is 3. The van der Waals surface area contributed by atoms with E-state index in [1.165, 1.54) is 23.1 Å². The highest BCUT2D eigenvalue weighted by atomic mass is 35.5. The minimum absolute atomic E-state index is 0.0507. The molecule has 3 N–H and O–H groups in total. The van der Waals surface area contributed by atoms with Gasteiger partial charge in [0.25, 0.3) is 11.8 Å². The summed E-state index contributed by atoms with van der Waals surface area (Å²) in [7, 11) is 0. The minimum Gasteiger partial charge on any atom is -0.489 e. The summed E-state index contributed by atoms with van der Waals surface area (Å²) in [6.07, 6.45) is 1.61. The molecule has 7 rings (SSSR count). The molecule has 1 heterocycles. The maximum atomic E-state index is 13.8. The van der Waals surface area contributed by atoms with Gasteiger partial charge < -0.3 is 20.7 Å². The quantitative estimate of drug-likeness (QED) is 0.0743. The minimum atomic E-state index is -0.619. The fourth-order valence-corrected chi connectivity index (χ4v) is 7.93. The molecule has 0 aliphatic heterocycles. The number of amides is 3. The summed E-state index contributed by atoms with van der Waals surface area (Å²) in [6, 6.07) is 47.6. The zero-order valence-corrected chi connectivity index (χ0v) is 33.7. The van der Waals surface area contributed by atoms with Crippen molar-refractivity contribution >= 4 is 80.9 Å². The summed E-state index contributed by atoms with van der Waals surface area (Å²) in [5, 5.41) is 11.3. The van der Waals surface area contributed by atoms with Crippen molar-refractivity contribution in [1.29, 1.82) is 0 Å². The summed E-state index contributed by atoms with van der Waals surface area (Å²) < 4.78 is 5.92. The van der Waals surface area contributed by atoms with Crippen molar-refractivity contribution in [1.82, 2.24) is 10.3 Å². The third-order valence-electron chi connectivity index (χ3n) is 8.62. The van der Waals surface area contributed by atoms with Gasteiger partial charge in [0.1, 0.15) is 23.3 Å². The van der Waals surface area contributed by atoms with E-state index in [9.17, 15) is 14.4 Å². The number of benzene rings is 6. The number of thiazole rings is 1. The number of anilines is 2. The van der Waals surface area contributed by atoms with Gasteiger partial charge in [-0.05, 0) is 89.5 Å². The number of nitrogens with zero attached hydrogens (tertiary/aromatic N) is 1. The summed E-state index contributed by atoms with van der Waals surface area (Å²) in [5.41, 5.74) is 4.83. The van der Waals surface area contributed by atoms with Gasteiger partial charge in [-0.25, -0.2) is 4.98 Å². The van der Waals surface area contributed by atoms with Gasteiger partial charge >= 0.3 is 0 Å². The van der Waals surface area contributed by atoms with Gasteiger partial charge in [-0.15, -0.1) is 23.1 Å². The molecule has 8 nitrogen and oxygen atoms in total. The van der Waals surface area contributed by atoms with Crippen LogP contribution in [0.5, 0.6) is 5.75 Å². The van der Waals surface area contributed by atoms with E-state index in [0.717, 1.165) is 16.0 Å². The SMILES string of the molecule is O=C(Nc1ccc(SC(C(=O)Nc2nc(-c3ccc(Cl)cc3Cl)cs2)c2ccccc2)cc1)/C(=C/c1ccc(OCc2ccccc2)cc1)NC(=O)c1ccccc1. The third kappa shape index (κ3) is 10.8. The zero-order valence-electron chi connectivity index (χ0n) is 30.6. The molecule has 0 aliphatic rings. The van der Waals surface area contributed by atoms with Crippen LogP contribution in [0.2, 0.25) is 10.0 Å². The topological polar surface area (TPSA) is 109 Å². The molecule has 0 spiro atoms. The highest BCUT2D eigenvalue weighted by Crippen LogP contribution is 2.38. The number of thioether (sulfide) groups is 1. The standard InChI is InChI=1S/C46H34Cl2N4O4S2/c47-34-18-25-38(39(48)27-34)41-29-57-46(51-41)52-45(55)42(32-12-6-2-7-13-32)58-37-23-19-35(20-24-37)49-44(54)40(50-43(53)33-14-8-3-9-15-33)26-30-16-21-36(22-17-30)56-28-31-10-4-1-5-11-31/h1-27,29,42H,28H2,(H,49,54)(H,50,53)(H,51,52,55)/b40-26-. The van der Waals surface area contributed by atoms with Crippen LogP contribution in [0.1, 0.15) is 32.3 Å². The van der Waals surface area contributed by atoms with Crippen LogP contribution in [0.3, 0.4) is 0 Å². The Morgan fingerprint density at radius 2 is 1.43 bits per heavy atom. The molecule has 1 unspecified atom stereocenters. The Morgan fingerprint density at radius 3 is 2.12 bits per heavy atom. The van der Waals surface area contributed by atoms with Crippen molar-refractivity contribution in [3.8, 4) is 17.0 Å². The zero-order chi connectivity index (χ0) is 40.3. The highest BCUT2D eigenvalue weighted by molar-refractivity contribution is 8.00. The van der Waals surface area contributed by atoms with E-state index in [4.69, 9.17) is 27.9 Å². The molecule has 0 saturated heterocycles. The Hall–Kier alpha value is -6.17. The van der Waals surface area contributed by atoms with Crippen LogP contribution in [0, 0.1) is 0 Å². The number of ether oxygens (including phenoxy) is 1. The smallest absolute Gasteiger partial charge is 0.272 e. The van der Waals surface area contributed by atoms with Crippen molar-refractivity contribution in [2.24, 2.45) is 0 Å². The molecule has 7 aromatic rings. The van der Waals surface area contributed by atoms with Crippen molar-refractivity contribution < 1.29 is 19.1 Å². The predicted octanol–water partition coefficient (Wildman–Crippen LogP) is 11.6. The lowest BCUT2D eigenvalue weighted by molar-refractivity contribution is -0.116. The molecular formula is C46H34Cl2N4O4S2. The normalized spacial score (nSPS) is 11.7. The summed E-state index contributed by atoms with van der Waals surface area (Å²) in [4.78, 5) is 46.1. The molecule has 3 amide bonds. The first-order valence-electron chi connectivity index (χ1n) is 18.0. The average molecular weight is 842 g/mol. The Balaban J connectivity index is 1.05. The molecular weight excluding hydrogens is 808 g/mol. The first-order chi connectivity index (χ1) is 28.3. The molecule has 0 aliphatic carbocycles. The van der Waals surface area contributed by atoms with Gasteiger partial charge in [-0.1, -0.05) is 114 Å². The van der Waals surface area contributed by atoms with Crippen molar-refractivity contribution in [2.75, 3.05) is 10.6 Å². The van der Waals surface area contributed by atoms with Crippen molar-refractivity contribution in [3.63, 3.8) is 0 Å². The molecule has 6 aromatic carbocycles. The van der Waals surface area contributed by atoms with E-state index >= 15 is 0 Å². The van der Waals surface area contributed by atoms with Gasteiger partial charge in [-0.2, -0.15) is 0 Å². The second kappa shape index (κ2) is 19.3. The maximum Gasteiger partial charge on any atom is 0.272 e. The number of carbonyl (C=O) groups is 3. The van der Waals surface area contributed by atoms with Crippen LogP contribution < -0.4 is 20.7 Å². The Kier molecular flexibility index (Phi) is 13.3. The number of carbonyl (C=O) groups excluding carboxylic acids is 3. The van der Waals surface area contributed by atoms with Crippen LogP contribution >= 0.6 is 46.3 Å². The van der Waals surface area contributed by atoms with E-state index in [0.29, 0.717) is 55.6 Å². The first kappa shape index (κ1) is 40.0. The third-order valence-corrected chi connectivity index (χ3v) is 11.2. The molecule has 0 saturated carbocycles. The number of hydrogen-bond acceptors (Lipinski definition) is 7. The van der Waals surface area contributed by atoms with Gasteiger partial charge in [0.05, 0.1) is 10.7 Å². The van der Waals surface area contributed by atoms with E-state index in [1.54, 1.807) is 60.7 Å². The molecule has 12 heteroatoms. The number of aromatic nitrogens is 1. The van der Waals surface area contributed by atoms with E-state index in [1.807, 2.05) is 109 Å². The van der Waals surface area contributed by atoms with E-state index in [-0.39, 0.29) is 11.6 Å². The first-order valence-corrected chi connectivity index (χ1v) is 20.5. The maximum absolute atomic E-state index is 13.8. The summed E-state index contributed by atoms with van der Waals surface area (Å²) >= 11 is 15.1. The highest BCUT2D eigenvalue weighted by Gasteiger charge is 2.24. The molecule has 1 atom stereocenters. The molecule has 58 heavy (non-hydrogen) atoms. The van der Waals surface area contributed by atoms with Crippen LogP contribution in [-0.4, -0.2) is 22.7 Å². The second-order valence-electron chi connectivity index (χ2n) is 12.8. The Morgan fingerprint density at radius 1 is 0.759 bits per heavy atom.